The van der Waals surface area contributed by atoms with Crippen LogP contribution in [0.5, 0.6) is 0 Å². The normalized spacial score (nSPS) is 14.5. The van der Waals surface area contributed by atoms with Crippen LogP contribution in [0.4, 0.5) is 0 Å². The predicted molar refractivity (Wildman–Crippen MR) is 201 cm³/mol. The summed E-state index contributed by atoms with van der Waals surface area (Å²) in [5, 5.41) is 8.00. The van der Waals surface area contributed by atoms with E-state index in [1.165, 1.54) is 99.1 Å². The van der Waals surface area contributed by atoms with E-state index in [1.807, 2.05) is 0 Å². The van der Waals surface area contributed by atoms with Crippen molar-refractivity contribution < 1.29 is 0 Å². The summed E-state index contributed by atoms with van der Waals surface area (Å²) in [5.74, 6) is 0.262. The quantitative estimate of drug-likeness (QED) is 0.177. The SMILES string of the molecule is CCC1=Cc2ccccc2C1c1c2ccccc2c(-c2ccc(-c3cc4c5c(cccc5c3)-c3ccccc3-4)cc2)c2ccccc12. The average Bonchev–Trinajstić information content (AvgIpc) is 3.67. The molecule has 0 fully saturated rings. The third-order valence-electron chi connectivity index (χ3n) is 10.7. The van der Waals surface area contributed by atoms with Crippen molar-refractivity contribution >= 4 is 38.4 Å². The Labute approximate surface area is 275 Å². The van der Waals surface area contributed by atoms with E-state index in [-0.39, 0.29) is 5.92 Å². The monoisotopic (exact) mass is 596 g/mol. The molecule has 220 valence electrons. The fourth-order valence-corrected chi connectivity index (χ4v) is 8.63. The molecule has 0 aromatic heterocycles. The Morgan fingerprint density at radius 1 is 0.468 bits per heavy atom. The molecule has 0 saturated heterocycles. The highest BCUT2D eigenvalue weighted by Gasteiger charge is 2.29. The van der Waals surface area contributed by atoms with E-state index in [9.17, 15) is 0 Å². The summed E-state index contributed by atoms with van der Waals surface area (Å²) in [5.41, 5.74) is 16.1. The smallest absolute Gasteiger partial charge is 0.0320 e. The molecule has 1 atom stereocenters. The molecule has 2 aliphatic carbocycles. The molecule has 0 N–H and O–H groups in total. The molecule has 10 rings (SSSR count). The van der Waals surface area contributed by atoms with Gasteiger partial charge < -0.3 is 0 Å². The van der Waals surface area contributed by atoms with Crippen LogP contribution in [0.2, 0.25) is 0 Å². The van der Waals surface area contributed by atoms with E-state index in [0.717, 1.165) is 6.42 Å². The summed E-state index contributed by atoms with van der Waals surface area (Å²) in [6.07, 6.45) is 3.46. The first-order valence-electron chi connectivity index (χ1n) is 16.8. The molecule has 0 amide bonds. The maximum atomic E-state index is 2.43. The molecule has 2 aliphatic rings. The molecule has 8 aromatic rings. The molecule has 0 nitrogen and oxygen atoms in total. The zero-order chi connectivity index (χ0) is 31.1. The van der Waals surface area contributed by atoms with Gasteiger partial charge in [-0.2, -0.15) is 0 Å². The van der Waals surface area contributed by atoms with Crippen molar-refractivity contribution in [3.8, 4) is 44.5 Å². The number of rotatable bonds is 4. The lowest BCUT2D eigenvalue weighted by molar-refractivity contribution is 0.923. The second-order valence-corrected chi connectivity index (χ2v) is 13.1. The highest BCUT2D eigenvalue weighted by molar-refractivity contribution is 6.17. The summed E-state index contributed by atoms with van der Waals surface area (Å²) >= 11 is 0. The number of hydrogen-bond acceptors (Lipinski definition) is 0. The van der Waals surface area contributed by atoms with Crippen LogP contribution in [0, 0.1) is 0 Å². The molecular weight excluding hydrogens is 565 g/mol. The number of benzene rings is 8. The number of hydrogen-bond donors (Lipinski definition) is 0. The molecule has 0 spiro atoms. The van der Waals surface area contributed by atoms with Crippen LogP contribution in [0.1, 0.15) is 36.0 Å². The largest absolute Gasteiger partial charge is 0.0619 e. The summed E-state index contributed by atoms with van der Waals surface area (Å²) in [4.78, 5) is 0. The highest BCUT2D eigenvalue weighted by Crippen LogP contribution is 2.51. The van der Waals surface area contributed by atoms with Crippen molar-refractivity contribution in [1.29, 1.82) is 0 Å². The predicted octanol–water partition coefficient (Wildman–Crippen LogP) is 13.1. The summed E-state index contributed by atoms with van der Waals surface area (Å²) < 4.78 is 0. The molecule has 1 unspecified atom stereocenters. The first-order chi connectivity index (χ1) is 23.3. The Kier molecular flexibility index (Phi) is 5.72. The maximum absolute atomic E-state index is 2.43. The van der Waals surface area contributed by atoms with Gasteiger partial charge >= 0.3 is 0 Å². The van der Waals surface area contributed by atoms with Gasteiger partial charge in [0.15, 0.2) is 0 Å². The van der Waals surface area contributed by atoms with Crippen LogP contribution in [-0.4, -0.2) is 0 Å². The maximum Gasteiger partial charge on any atom is 0.0320 e. The van der Waals surface area contributed by atoms with E-state index < -0.39 is 0 Å². The Morgan fingerprint density at radius 2 is 1.06 bits per heavy atom. The van der Waals surface area contributed by atoms with Gasteiger partial charge in [0, 0.05) is 5.92 Å². The second kappa shape index (κ2) is 10.1. The first-order valence-corrected chi connectivity index (χ1v) is 16.8. The van der Waals surface area contributed by atoms with E-state index in [0.29, 0.717) is 0 Å². The van der Waals surface area contributed by atoms with Gasteiger partial charge in [-0.05, 0) is 112 Å². The molecule has 8 aromatic carbocycles. The van der Waals surface area contributed by atoms with Gasteiger partial charge in [-0.25, -0.2) is 0 Å². The Bertz CT molecular complexity index is 2540. The van der Waals surface area contributed by atoms with Gasteiger partial charge in [0.2, 0.25) is 0 Å². The van der Waals surface area contributed by atoms with Crippen LogP contribution in [0.25, 0.3) is 82.9 Å². The van der Waals surface area contributed by atoms with Crippen molar-refractivity contribution in [2.45, 2.75) is 19.3 Å². The van der Waals surface area contributed by atoms with Gasteiger partial charge in [0.1, 0.15) is 0 Å². The Balaban J connectivity index is 1.15. The minimum atomic E-state index is 0.262. The second-order valence-electron chi connectivity index (χ2n) is 13.1. The van der Waals surface area contributed by atoms with E-state index in [4.69, 9.17) is 0 Å². The number of allylic oxidation sites excluding steroid dienone is 1. The van der Waals surface area contributed by atoms with E-state index in [2.05, 4.69) is 165 Å². The van der Waals surface area contributed by atoms with E-state index >= 15 is 0 Å². The molecule has 0 saturated carbocycles. The molecule has 47 heavy (non-hydrogen) atoms. The fourth-order valence-electron chi connectivity index (χ4n) is 8.63. The lowest BCUT2D eigenvalue weighted by Crippen LogP contribution is -2.04. The zero-order valence-corrected chi connectivity index (χ0v) is 26.3. The van der Waals surface area contributed by atoms with Crippen molar-refractivity contribution in [2.75, 3.05) is 0 Å². The number of fused-ring (bicyclic) bond motifs is 6. The topological polar surface area (TPSA) is 0 Å². The standard InChI is InChI=1S/C47H32/c1-2-29-26-32-12-3-4-14-35(32)46(29)47-41-19-9-7-17-39(41)44(40-18-8-10-20-42(40)47)31-24-22-30(23-25-31)34-27-33-13-11-21-38-36-15-5-6-16-37(36)43(28-34)45(33)38/h3-28,46H,2H2,1H3. The van der Waals surface area contributed by atoms with Gasteiger partial charge in [-0.1, -0.05) is 158 Å². The minimum absolute atomic E-state index is 0.262. The van der Waals surface area contributed by atoms with Gasteiger partial charge in [0.05, 0.1) is 0 Å². The summed E-state index contributed by atoms with van der Waals surface area (Å²) in [6, 6.07) is 56.7. The summed E-state index contributed by atoms with van der Waals surface area (Å²) in [7, 11) is 0. The van der Waals surface area contributed by atoms with Crippen LogP contribution in [0.3, 0.4) is 0 Å². The van der Waals surface area contributed by atoms with Crippen LogP contribution >= 0.6 is 0 Å². The van der Waals surface area contributed by atoms with Crippen molar-refractivity contribution in [1.82, 2.24) is 0 Å². The fraction of sp³-hybridized carbons (Fsp3) is 0.0638. The molecular formula is C47H32. The Morgan fingerprint density at radius 3 is 1.79 bits per heavy atom. The molecule has 0 heteroatoms. The lowest BCUT2D eigenvalue weighted by atomic mass is 9.79. The van der Waals surface area contributed by atoms with Crippen LogP contribution in [0.15, 0.2) is 157 Å². The highest BCUT2D eigenvalue weighted by atomic mass is 14.3. The van der Waals surface area contributed by atoms with Crippen molar-refractivity contribution in [2.24, 2.45) is 0 Å². The average molecular weight is 597 g/mol. The van der Waals surface area contributed by atoms with Crippen molar-refractivity contribution in [3.05, 3.63) is 174 Å². The molecule has 0 aliphatic heterocycles. The molecule has 0 heterocycles. The van der Waals surface area contributed by atoms with Gasteiger partial charge in [0.25, 0.3) is 0 Å². The molecule has 0 radical (unpaired) electrons. The third-order valence-corrected chi connectivity index (χ3v) is 10.7. The van der Waals surface area contributed by atoms with Crippen LogP contribution < -0.4 is 0 Å². The van der Waals surface area contributed by atoms with Gasteiger partial charge in [-0.15, -0.1) is 0 Å². The zero-order valence-electron chi connectivity index (χ0n) is 26.3. The molecule has 0 bridgehead atoms. The van der Waals surface area contributed by atoms with E-state index in [1.54, 1.807) is 0 Å². The van der Waals surface area contributed by atoms with Gasteiger partial charge in [-0.3, -0.25) is 0 Å². The third kappa shape index (κ3) is 3.82. The summed E-state index contributed by atoms with van der Waals surface area (Å²) in [6.45, 7) is 2.30. The van der Waals surface area contributed by atoms with Crippen LogP contribution in [-0.2, 0) is 0 Å². The minimum Gasteiger partial charge on any atom is -0.0619 e. The Hall–Kier alpha value is -5.72. The first kappa shape index (κ1) is 26.5. The lowest BCUT2D eigenvalue weighted by Gasteiger charge is -2.24. The van der Waals surface area contributed by atoms with Crippen molar-refractivity contribution in [3.63, 3.8) is 0 Å².